The van der Waals surface area contributed by atoms with Crippen molar-refractivity contribution < 1.29 is 32.3 Å². The molecular formula is C21H17NO7. The lowest BCUT2D eigenvalue weighted by molar-refractivity contribution is 0.214. The van der Waals surface area contributed by atoms with Crippen molar-refractivity contribution in [3.8, 4) is 17.2 Å². The van der Waals surface area contributed by atoms with Crippen molar-refractivity contribution in [3.63, 3.8) is 0 Å². The lowest BCUT2D eigenvalue weighted by atomic mass is 10.2. The molecule has 8 heteroatoms. The lowest BCUT2D eigenvalue weighted by Crippen LogP contribution is -2.17. The standard InChI is InChI=1S/C21H17NO7/c1-24-14-5-6-16(25-2)15(10-14)22-21(23)29-17-4-3-8-26-12-13-7-9-27-18(13)11-19-20(17)28-19/h3-12H,1-2H3,(H,22,23). The maximum absolute atomic E-state index is 12.5. The third-order valence-electron chi connectivity index (χ3n) is 4.05. The Morgan fingerprint density at radius 3 is 2.72 bits per heavy atom. The minimum absolute atomic E-state index is 0.213. The van der Waals surface area contributed by atoms with E-state index >= 15 is 0 Å². The Hall–Kier alpha value is -4.07. The van der Waals surface area contributed by atoms with E-state index in [1.54, 1.807) is 48.7 Å². The van der Waals surface area contributed by atoms with Gasteiger partial charge in [0.15, 0.2) is 11.2 Å². The average molecular weight is 395 g/mol. The van der Waals surface area contributed by atoms with Crippen LogP contribution in [0.4, 0.5) is 10.5 Å². The van der Waals surface area contributed by atoms with E-state index in [1.807, 2.05) is 0 Å². The molecule has 4 rings (SSSR count). The first kappa shape index (κ1) is 18.3. The topological polar surface area (TPSA) is 96.2 Å². The second-order valence-corrected chi connectivity index (χ2v) is 5.87. The van der Waals surface area contributed by atoms with E-state index in [-0.39, 0.29) is 5.75 Å². The maximum Gasteiger partial charge on any atom is 0.417 e. The average Bonchev–Trinajstić information content (AvgIpc) is 3.35. The molecule has 0 fully saturated rings. The van der Waals surface area contributed by atoms with Gasteiger partial charge in [0.2, 0.25) is 5.42 Å². The molecule has 29 heavy (non-hydrogen) atoms. The van der Waals surface area contributed by atoms with Gasteiger partial charge in [0.25, 0.3) is 0 Å². The summed E-state index contributed by atoms with van der Waals surface area (Å²) in [6.07, 6.45) is 3.80. The number of hydrogen-bond donors (Lipinski definition) is 1. The quantitative estimate of drug-likeness (QED) is 0.514. The highest BCUT2D eigenvalue weighted by Gasteiger charge is 2.14. The van der Waals surface area contributed by atoms with Crippen molar-refractivity contribution in [3.05, 3.63) is 72.1 Å². The molecule has 2 aromatic rings. The Morgan fingerprint density at radius 2 is 1.90 bits per heavy atom. The van der Waals surface area contributed by atoms with Gasteiger partial charge in [-0.05, 0) is 30.3 Å². The number of carbonyl (C=O) groups excluding carboxylic acids is 1. The first-order chi connectivity index (χ1) is 14.2. The highest BCUT2D eigenvalue weighted by molar-refractivity contribution is 5.88. The highest BCUT2D eigenvalue weighted by atomic mass is 16.6. The van der Waals surface area contributed by atoms with Gasteiger partial charge < -0.3 is 27.5 Å². The number of amides is 1. The monoisotopic (exact) mass is 395 g/mol. The predicted octanol–water partition coefficient (Wildman–Crippen LogP) is 5.10. The zero-order chi connectivity index (χ0) is 20.2. The molecule has 0 atom stereocenters. The molecule has 1 N–H and O–H groups in total. The third kappa shape index (κ3) is 4.11. The fraction of sp³-hybridized carbons (Fsp3) is 0.0952. The minimum Gasteiger partial charge on any atom is -0.497 e. The van der Waals surface area contributed by atoms with E-state index in [1.165, 1.54) is 26.7 Å². The van der Waals surface area contributed by atoms with Crippen LogP contribution in [0.5, 0.6) is 17.2 Å². The number of fused-ring (bicyclic) bond motifs is 1. The third-order valence-corrected chi connectivity index (χ3v) is 4.05. The van der Waals surface area contributed by atoms with E-state index in [0.717, 1.165) is 5.39 Å². The molecule has 0 saturated heterocycles. The fourth-order valence-electron chi connectivity index (χ4n) is 2.60. The van der Waals surface area contributed by atoms with Gasteiger partial charge in [-0.25, -0.2) is 4.79 Å². The number of nitrogens with one attached hydrogen (secondary N) is 1. The number of furan rings is 1. The molecule has 0 unspecified atom stereocenters. The SMILES string of the molecule is COc1ccc(OC)c(NC(=O)Oc2cccocc3ccoc3cc3oc2=3)c1. The number of anilines is 1. The first-order valence-electron chi connectivity index (χ1n) is 8.59. The van der Waals surface area contributed by atoms with E-state index in [9.17, 15) is 4.79 Å². The number of benzene rings is 1. The van der Waals surface area contributed by atoms with Gasteiger partial charge in [0, 0.05) is 12.1 Å². The number of carbonyl (C=O) groups is 1. The summed E-state index contributed by atoms with van der Waals surface area (Å²) in [7, 11) is 3.03. The Kier molecular flexibility index (Phi) is 4.98. The predicted molar refractivity (Wildman–Crippen MR) is 103 cm³/mol. The van der Waals surface area contributed by atoms with Crippen LogP contribution in [0.15, 0.2) is 74.5 Å². The van der Waals surface area contributed by atoms with Crippen LogP contribution in [-0.2, 0) is 0 Å². The van der Waals surface area contributed by atoms with Gasteiger partial charge in [0.05, 0.1) is 37.8 Å². The molecule has 2 aliphatic rings. The van der Waals surface area contributed by atoms with Gasteiger partial charge in [-0.15, -0.1) is 0 Å². The highest BCUT2D eigenvalue weighted by Crippen LogP contribution is 2.29. The normalized spacial score (nSPS) is 10.6. The van der Waals surface area contributed by atoms with Crippen molar-refractivity contribution in [2.24, 2.45) is 0 Å². The largest absolute Gasteiger partial charge is 0.497 e. The molecule has 1 aromatic heterocycles. The number of methoxy groups -OCH3 is 2. The van der Waals surface area contributed by atoms with E-state index in [0.29, 0.717) is 33.6 Å². The van der Waals surface area contributed by atoms with Crippen LogP contribution in [0.3, 0.4) is 0 Å². The summed E-state index contributed by atoms with van der Waals surface area (Å²) in [5.41, 5.74) is 1.92. The smallest absolute Gasteiger partial charge is 0.417 e. The molecule has 0 aliphatic carbocycles. The molecule has 0 spiro atoms. The Balaban J connectivity index is 1.65. The van der Waals surface area contributed by atoms with Crippen LogP contribution in [0.1, 0.15) is 0 Å². The summed E-state index contributed by atoms with van der Waals surface area (Å²) in [6, 6.07) is 11.6. The van der Waals surface area contributed by atoms with Crippen LogP contribution >= 0.6 is 0 Å². The van der Waals surface area contributed by atoms with Crippen LogP contribution < -0.4 is 19.5 Å². The molecule has 0 bridgehead atoms. The second kappa shape index (κ2) is 7.89. The van der Waals surface area contributed by atoms with Crippen molar-refractivity contribution in [1.29, 1.82) is 0 Å². The van der Waals surface area contributed by atoms with E-state index in [4.69, 9.17) is 27.5 Å². The zero-order valence-electron chi connectivity index (χ0n) is 15.6. The van der Waals surface area contributed by atoms with Crippen LogP contribution in [-0.4, -0.2) is 20.3 Å². The van der Waals surface area contributed by atoms with Crippen molar-refractivity contribution in [2.45, 2.75) is 0 Å². The van der Waals surface area contributed by atoms with E-state index in [2.05, 4.69) is 5.32 Å². The summed E-state index contributed by atoms with van der Waals surface area (Å²) in [6.45, 7) is 0. The zero-order valence-corrected chi connectivity index (χ0v) is 15.6. The molecule has 0 saturated carbocycles. The molecule has 3 heterocycles. The Morgan fingerprint density at radius 1 is 1.00 bits per heavy atom. The molecule has 0 radical (unpaired) electrons. The van der Waals surface area contributed by atoms with Gasteiger partial charge in [-0.2, -0.15) is 0 Å². The van der Waals surface area contributed by atoms with Gasteiger partial charge >= 0.3 is 6.09 Å². The van der Waals surface area contributed by atoms with Crippen molar-refractivity contribution in [1.82, 2.24) is 0 Å². The van der Waals surface area contributed by atoms with E-state index < -0.39 is 6.09 Å². The van der Waals surface area contributed by atoms with Crippen LogP contribution in [0.2, 0.25) is 0 Å². The Labute approximate surface area is 164 Å². The fourth-order valence-corrected chi connectivity index (χ4v) is 2.60. The maximum atomic E-state index is 12.5. The summed E-state index contributed by atoms with van der Waals surface area (Å²) >= 11 is 0. The summed E-state index contributed by atoms with van der Waals surface area (Å²) in [4.78, 5) is 12.5. The molecule has 8 nitrogen and oxygen atoms in total. The van der Waals surface area contributed by atoms with Gasteiger partial charge in [-0.1, -0.05) is 0 Å². The number of hydrogen-bond acceptors (Lipinski definition) is 7. The minimum atomic E-state index is -0.723. The molecule has 1 aromatic carbocycles. The molecule has 1 amide bonds. The summed E-state index contributed by atoms with van der Waals surface area (Å²) in [5, 5.41) is 3.39. The van der Waals surface area contributed by atoms with Crippen molar-refractivity contribution in [2.75, 3.05) is 19.5 Å². The summed E-state index contributed by atoms with van der Waals surface area (Å²) < 4.78 is 32.1. The lowest BCUT2D eigenvalue weighted by Gasteiger charge is -2.11. The van der Waals surface area contributed by atoms with Crippen LogP contribution in [0.25, 0.3) is 11.0 Å². The van der Waals surface area contributed by atoms with Gasteiger partial charge in [-0.3, -0.25) is 5.32 Å². The number of ether oxygens (including phenoxy) is 3. The Bertz CT molecular complexity index is 1270. The van der Waals surface area contributed by atoms with Gasteiger partial charge in [0.1, 0.15) is 23.3 Å². The number of rotatable bonds is 4. The molecule has 2 aliphatic heterocycles. The second-order valence-electron chi connectivity index (χ2n) is 5.87. The van der Waals surface area contributed by atoms with Crippen molar-refractivity contribution >= 4 is 22.7 Å². The first-order valence-corrected chi connectivity index (χ1v) is 8.59. The molecular weight excluding hydrogens is 378 g/mol. The van der Waals surface area contributed by atoms with Crippen LogP contribution in [0, 0.1) is 10.8 Å². The summed E-state index contributed by atoms with van der Waals surface area (Å²) in [5.74, 6) is 1.24. The molecule has 148 valence electrons.